The van der Waals surface area contributed by atoms with Crippen LogP contribution in [0.3, 0.4) is 0 Å². The number of carbonyl (C=O) groups excluding carboxylic acids is 1. The van der Waals surface area contributed by atoms with Crippen LogP contribution in [0, 0.1) is 5.82 Å². The van der Waals surface area contributed by atoms with Crippen molar-refractivity contribution in [2.45, 2.75) is 32.7 Å². The van der Waals surface area contributed by atoms with Gasteiger partial charge in [0.2, 0.25) is 5.82 Å². The van der Waals surface area contributed by atoms with Gasteiger partial charge in [0.25, 0.3) is 5.91 Å². The van der Waals surface area contributed by atoms with Crippen LogP contribution in [0.4, 0.5) is 4.39 Å². The first kappa shape index (κ1) is 17.3. The molecule has 0 spiro atoms. The average Bonchev–Trinajstić information content (AvgIpc) is 3.28. The molecule has 0 saturated carbocycles. The van der Waals surface area contributed by atoms with Gasteiger partial charge in [-0.3, -0.25) is 4.79 Å². The number of hydrogen-bond donors (Lipinski definition) is 1. The number of thiophene rings is 1. The van der Waals surface area contributed by atoms with Crippen molar-refractivity contribution in [2.75, 3.05) is 0 Å². The van der Waals surface area contributed by atoms with Crippen molar-refractivity contribution in [1.82, 2.24) is 20.1 Å². The average molecular weight is 358 g/mol. The first-order valence-corrected chi connectivity index (χ1v) is 9.08. The Morgan fingerprint density at radius 2 is 2.08 bits per heavy atom. The van der Waals surface area contributed by atoms with Crippen LogP contribution in [-0.4, -0.2) is 26.7 Å². The van der Waals surface area contributed by atoms with Crippen LogP contribution in [0.2, 0.25) is 0 Å². The van der Waals surface area contributed by atoms with Crippen LogP contribution in [-0.2, 0) is 0 Å². The summed E-state index contributed by atoms with van der Waals surface area (Å²) in [5.74, 6) is -0.0790. The van der Waals surface area contributed by atoms with E-state index in [1.54, 1.807) is 12.1 Å². The molecule has 5 nitrogen and oxygen atoms in total. The topological polar surface area (TPSA) is 59.8 Å². The number of amides is 1. The summed E-state index contributed by atoms with van der Waals surface area (Å²) in [5, 5.41) is 9.19. The van der Waals surface area contributed by atoms with Gasteiger partial charge in [-0.1, -0.05) is 26.0 Å². The van der Waals surface area contributed by atoms with Crippen molar-refractivity contribution in [1.29, 1.82) is 0 Å². The summed E-state index contributed by atoms with van der Waals surface area (Å²) in [6.45, 7) is 4.04. The normalized spacial score (nSPS) is 11.0. The monoisotopic (exact) mass is 358 g/mol. The fourth-order valence-electron chi connectivity index (χ4n) is 2.50. The molecule has 3 rings (SSSR count). The summed E-state index contributed by atoms with van der Waals surface area (Å²) >= 11 is 1.49. The molecule has 130 valence electrons. The van der Waals surface area contributed by atoms with Gasteiger partial charge in [-0.15, -0.1) is 16.4 Å². The lowest BCUT2D eigenvalue weighted by atomic mass is 10.2. The van der Waals surface area contributed by atoms with E-state index in [0.29, 0.717) is 11.5 Å². The minimum atomic E-state index is -0.367. The van der Waals surface area contributed by atoms with Gasteiger partial charge < -0.3 is 5.32 Å². The Kier molecular flexibility index (Phi) is 5.23. The molecule has 1 N–H and O–H groups in total. The molecular formula is C18H19FN4OS. The molecule has 25 heavy (non-hydrogen) atoms. The SMILES string of the molecule is CCC(CC)NC(=O)c1nc(-c2cccs2)n(-c2cccc(F)c2)n1. The first-order valence-electron chi connectivity index (χ1n) is 8.20. The number of rotatable bonds is 6. The summed E-state index contributed by atoms with van der Waals surface area (Å²) in [6.07, 6.45) is 1.68. The van der Waals surface area contributed by atoms with Crippen molar-refractivity contribution in [3.8, 4) is 16.4 Å². The number of halogens is 1. The van der Waals surface area contributed by atoms with Crippen LogP contribution in [0.25, 0.3) is 16.4 Å². The van der Waals surface area contributed by atoms with Crippen LogP contribution in [0.5, 0.6) is 0 Å². The molecule has 0 unspecified atom stereocenters. The highest BCUT2D eigenvalue weighted by Crippen LogP contribution is 2.25. The van der Waals surface area contributed by atoms with E-state index in [1.807, 2.05) is 31.4 Å². The van der Waals surface area contributed by atoms with Crippen molar-refractivity contribution >= 4 is 17.2 Å². The largest absolute Gasteiger partial charge is 0.347 e. The molecular weight excluding hydrogens is 339 g/mol. The highest BCUT2D eigenvalue weighted by atomic mass is 32.1. The quantitative estimate of drug-likeness (QED) is 0.723. The number of carbonyl (C=O) groups is 1. The fraction of sp³-hybridized carbons (Fsp3) is 0.278. The molecule has 0 fully saturated rings. The van der Waals surface area contributed by atoms with E-state index in [2.05, 4.69) is 15.4 Å². The van der Waals surface area contributed by atoms with E-state index in [9.17, 15) is 9.18 Å². The molecule has 0 atom stereocenters. The van der Waals surface area contributed by atoms with Gasteiger partial charge in [0.05, 0.1) is 10.6 Å². The van der Waals surface area contributed by atoms with Crippen LogP contribution in [0.15, 0.2) is 41.8 Å². The summed E-state index contributed by atoms with van der Waals surface area (Å²) in [4.78, 5) is 17.8. The summed E-state index contributed by atoms with van der Waals surface area (Å²) in [5.41, 5.74) is 0.525. The molecule has 1 amide bonds. The zero-order chi connectivity index (χ0) is 17.8. The Balaban J connectivity index is 2.02. The second-order valence-corrected chi connectivity index (χ2v) is 6.56. The lowest BCUT2D eigenvalue weighted by Crippen LogP contribution is -2.34. The Bertz CT molecular complexity index is 856. The number of nitrogens with one attached hydrogen (secondary N) is 1. The summed E-state index contributed by atoms with van der Waals surface area (Å²) in [7, 11) is 0. The second-order valence-electron chi connectivity index (χ2n) is 5.61. The van der Waals surface area contributed by atoms with Gasteiger partial charge in [0, 0.05) is 6.04 Å². The lowest BCUT2D eigenvalue weighted by Gasteiger charge is -2.12. The molecule has 7 heteroatoms. The van der Waals surface area contributed by atoms with Gasteiger partial charge in [-0.2, -0.15) is 0 Å². The van der Waals surface area contributed by atoms with E-state index in [1.165, 1.54) is 28.2 Å². The third-order valence-corrected chi connectivity index (χ3v) is 4.79. The van der Waals surface area contributed by atoms with Gasteiger partial charge in [-0.25, -0.2) is 14.1 Å². The van der Waals surface area contributed by atoms with E-state index in [-0.39, 0.29) is 23.6 Å². The number of benzene rings is 1. The van der Waals surface area contributed by atoms with E-state index >= 15 is 0 Å². The highest BCUT2D eigenvalue weighted by molar-refractivity contribution is 7.13. The zero-order valence-corrected chi connectivity index (χ0v) is 14.9. The van der Waals surface area contributed by atoms with Gasteiger partial charge in [0.15, 0.2) is 5.82 Å². The number of nitrogens with zero attached hydrogens (tertiary/aromatic N) is 3. The van der Waals surface area contributed by atoms with Crippen molar-refractivity contribution < 1.29 is 9.18 Å². The third-order valence-electron chi connectivity index (χ3n) is 3.93. The maximum absolute atomic E-state index is 13.6. The van der Waals surface area contributed by atoms with Gasteiger partial charge >= 0.3 is 0 Å². The first-order chi connectivity index (χ1) is 12.1. The molecule has 0 aliphatic heterocycles. The minimum absolute atomic E-state index is 0.0822. The third kappa shape index (κ3) is 3.76. The van der Waals surface area contributed by atoms with E-state index < -0.39 is 0 Å². The smallest absolute Gasteiger partial charge is 0.291 e. The molecule has 2 heterocycles. The van der Waals surface area contributed by atoms with Crippen LogP contribution >= 0.6 is 11.3 Å². The van der Waals surface area contributed by atoms with Crippen LogP contribution < -0.4 is 5.32 Å². The van der Waals surface area contributed by atoms with Gasteiger partial charge in [0.1, 0.15) is 5.82 Å². The van der Waals surface area contributed by atoms with E-state index in [4.69, 9.17) is 0 Å². The zero-order valence-electron chi connectivity index (χ0n) is 14.1. The van der Waals surface area contributed by atoms with Crippen molar-refractivity contribution in [3.63, 3.8) is 0 Å². The molecule has 0 saturated heterocycles. The highest BCUT2D eigenvalue weighted by Gasteiger charge is 2.20. The molecule has 0 aliphatic rings. The van der Waals surface area contributed by atoms with Crippen LogP contribution in [0.1, 0.15) is 37.3 Å². The molecule has 0 radical (unpaired) electrons. The summed E-state index contributed by atoms with van der Waals surface area (Å²) in [6, 6.07) is 9.95. The number of hydrogen-bond acceptors (Lipinski definition) is 4. The predicted octanol–water partition coefficient (Wildman–Crippen LogP) is 4.05. The Hall–Kier alpha value is -2.54. The fourth-order valence-corrected chi connectivity index (χ4v) is 3.20. The Morgan fingerprint density at radius 1 is 1.28 bits per heavy atom. The number of aromatic nitrogens is 3. The van der Waals surface area contributed by atoms with Crippen molar-refractivity contribution in [2.24, 2.45) is 0 Å². The van der Waals surface area contributed by atoms with Gasteiger partial charge in [-0.05, 0) is 42.5 Å². The second kappa shape index (κ2) is 7.57. The predicted molar refractivity (Wildman–Crippen MR) is 96.5 cm³/mol. The molecule has 2 aromatic heterocycles. The van der Waals surface area contributed by atoms with E-state index in [0.717, 1.165) is 17.7 Å². The minimum Gasteiger partial charge on any atom is -0.347 e. The molecule has 1 aromatic carbocycles. The van der Waals surface area contributed by atoms with Crippen molar-refractivity contribution in [3.05, 3.63) is 53.4 Å². The molecule has 0 aliphatic carbocycles. The standard InChI is InChI=1S/C18H19FN4OS/c1-3-13(4-2)20-18(24)16-21-17(15-9-6-10-25-15)23(22-16)14-8-5-7-12(19)11-14/h5-11,13H,3-4H2,1-2H3,(H,20,24). The lowest BCUT2D eigenvalue weighted by molar-refractivity contribution is 0.0924. The molecule has 0 bridgehead atoms. The Labute approximate surface area is 149 Å². The maximum Gasteiger partial charge on any atom is 0.291 e. The molecule has 3 aromatic rings. The summed E-state index contributed by atoms with van der Waals surface area (Å²) < 4.78 is 15.1. The maximum atomic E-state index is 13.6. The Morgan fingerprint density at radius 3 is 2.72 bits per heavy atom.